The highest BCUT2D eigenvalue weighted by Gasteiger charge is 2.28. The van der Waals surface area contributed by atoms with Crippen LogP contribution in [0.1, 0.15) is 26.3 Å². The van der Waals surface area contributed by atoms with Crippen LogP contribution in [-0.4, -0.2) is 5.33 Å². The minimum absolute atomic E-state index is 0.0609. The van der Waals surface area contributed by atoms with Crippen molar-refractivity contribution in [2.75, 3.05) is 5.33 Å². The molecule has 1 aromatic rings. The van der Waals surface area contributed by atoms with E-state index < -0.39 is 0 Å². The van der Waals surface area contributed by atoms with Crippen molar-refractivity contribution >= 4 is 15.9 Å². The van der Waals surface area contributed by atoms with E-state index in [9.17, 15) is 8.78 Å². The zero-order valence-electron chi connectivity index (χ0n) is 9.86. The maximum atomic E-state index is 13.5. The summed E-state index contributed by atoms with van der Waals surface area (Å²) < 4.78 is 26.6. The van der Waals surface area contributed by atoms with Gasteiger partial charge >= 0.3 is 0 Å². The average Bonchev–Trinajstić information content (AvgIpc) is 2.23. The fourth-order valence-corrected chi connectivity index (χ4v) is 2.37. The van der Waals surface area contributed by atoms with Gasteiger partial charge in [-0.05, 0) is 41.5 Å². The molecule has 0 nitrogen and oxygen atoms in total. The van der Waals surface area contributed by atoms with Crippen LogP contribution < -0.4 is 0 Å². The molecular weight excluding hydrogens is 274 g/mol. The van der Waals surface area contributed by atoms with Crippen molar-refractivity contribution < 1.29 is 8.78 Å². The summed E-state index contributed by atoms with van der Waals surface area (Å²) in [6, 6.07) is 3.64. The zero-order chi connectivity index (χ0) is 12.3. The Morgan fingerprint density at radius 3 is 2.44 bits per heavy atom. The summed E-state index contributed by atoms with van der Waals surface area (Å²) in [5.41, 5.74) is 0.393. The predicted molar refractivity (Wildman–Crippen MR) is 66.8 cm³/mol. The topological polar surface area (TPSA) is 0 Å². The van der Waals surface area contributed by atoms with Gasteiger partial charge in [0.15, 0.2) is 0 Å². The van der Waals surface area contributed by atoms with Gasteiger partial charge in [-0.3, -0.25) is 0 Å². The third kappa shape index (κ3) is 3.03. The molecule has 0 fully saturated rings. The summed E-state index contributed by atoms with van der Waals surface area (Å²) in [5.74, 6) is -0.305. The van der Waals surface area contributed by atoms with Gasteiger partial charge in [-0.2, -0.15) is 0 Å². The highest BCUT2D eigenvalue weighted by atomic mass is 79.9. The van der Waals surface area contributed by atoms with Gasteiger partial charge in [-0.15, -0.1) is 0 Å². The van der Waals surface area contributed by atoms with E-state index in [1.165, 1.54) is 12.1 Å². The predicted octanol–water partition coefficient (Wildman–Crippen LogP) is 4.56. The van der Waals surface area contributed by atoms with Crippen molar-refractivity contribution in [2.24, 2.45) is 11.3 Å². The van der Waals surface area contributed by atoms with Gasteiger partial charge in [-0.1, -0.05) is 36.7 Å². The van der Waals surface area contributed by atoms with Gasteiger partial charge in [0.1, 0.15) is 11.6 Å². The number of rotatable bonds is 4. The molecule has 0 aliphatic heterocycles. The molecule has 0 amide bonds. The maximum absolute atomic E-state index is 13.5. The molecule has 1 aromatic carbocycles. The first-order valence-electron chi connectivity index (χ1n) is 5.39. The Balaban J connectivity index is 2.98. The lowest BCUT2D eigenvalue weighted by Crippen LogP contribution is -2.28. The maximum Gasteiger partial charge on any atom is 0.126 e. The fraction of sp³-hybridized carbons (Fsp3) is 0.538. The number of halogens is 3. The molecule has 16 heavy (non-hydrogen) atoms. The first kappa shape index (κ1) is 13.6. The van der Waals surface area contributed by atoms with Crippen LogP contribution in [0.5, 0.6) is 0 Å². The van der Waals surface area contributed by atoms with E-state index in [4.69, 9.17) is 0 Å². The third-order valence-corrected chi connectivity index (χ3v) is 4.58. The number of benzene rings is 1. The first-order valence-corrected chi connectivity index (χ1v) is 6.51. The molecular formula is C13H17BrF2. The molecule has 0 aliphatic rings. The van der Waals surface area contributed by atoms with Crippen LogP contribution in [0.3, 0.4) is 0 Å². The molecule has 3 heteroatoms. The second-order valence-corrected chi connectivity index (χ2v) is 5.42. The van der Waals surface area contributed by atoms with Crippen LogP contribution in [0.4, 0.5) is 8.78 Å². The molecule has 0 spiro atoms. The molecule has 0 saturated heterocycles. The van der Waals surface area contributed by atoms with Crippen LogP contribution in [0.15, 0.2) is 18.2 Å². The van der Waals surface area contributed by atoms with Gasteiger partial charge in [0.05, 0.1) is 0 Å². The van der Waals surface area contributed by atoms with Gasteiger partial charge in [0, 0.05) is 5.33 Å². The van der Waals surface area contributed by atoms with E-state index in [1.54, 1.807) is 0 Å². The van der Waals surface area contributed by atoms with Crippen LogP contribution in [0.25, 0.3) is 0 Å². The molecule has 1 atom stereocenters. The first-order chi connectivity index (χ1) is 7.39. The molecule has 0 N–H and O–H groups in total. The van der Waals surface area contributed by atoms with Crippen molar-refractivity contribution in [3.05, 3.63) is 35.4 Å². The molecule has 1 rings (SSSR count). The summed E-state index contributed by atoms with van der Waals surface area (Å²) in [4.78, 5) is 0. The molecule has 1 unspecified atom stereocenters. The second-order valence-electron chi connectivity index (χ2n) is 4.85. The lowest BCUT2D eigenvalue weighted by Gasteiger charge is -2.32. The van der Waals surface area contributed by atoms with E-state index in [2.05, 4.69) is 36.7 Å². The highest BCUT2D eigenvalue weighted by molar-refractivity contribution is 9.09. The normalized spacial score (nSPS) is 15.2. The minimum Gasteiger partial charge on any atom is -0.207 e. The van der Waals surface area contributed by atoms with Gasteiger partial charge in [0.25, 0.3) is 0 Å². The second kappa shape index (κ2) is 5.26. The van der Waals surface area contributed by atoms with Gasteiger partial charge in [0.2, 0.25) is 0 Å². The standard InChI is InChI=1S/C13H17BrF2/c1-9(2)13(3,8-14)7-10-6-11(15)4-5-12(10)16/h4-6,9H,7-8H2,1-3H3. The molecule has 0 saturated carbocycles. The van der Waals surface area contributed by atoms with Gasteiger partial charge < -0.3 is 0 Å². The SMILES string of the molecule is CC(C)C(C)(CBr)Cc1cc(F)ccc1F. The molecule has 0 radical (unpaired) electrons. The van der Waals surface area contributed by atoms with E-state index in [1.807, 2.05) is 0 Å². The molecule has 90 valence electrons. The highest BCUT2D eigenvalue weighted by Crippen LogP contribution is 2.34. The molecule has 0 aliphatic carbocycles. The smallest absolute Gasteiger partial charge is 0.126 e. The Morgan fingerprint density at radius 2 is 1.94 bits per heavy atom. The van der Waals surface area contributed by atoms with Crippen LogP contribution in [0, 0.1) is 23.0 Å². The van der Waals surface area contributed by atoms with Crippen LogP contribution >= 0.6 is 15.9 Å². The van der Waals surface area contributed by atoms with Crippen molar-refractivity contribution in [3.8, 4) is 0 Å². The molecule has 0 heterocycles. The monoisotopic (exact) mass is 290 g/mol. The van der Waals surface area contributed by atoms with Gasteiger partial charge in [-0.25, -0.2) is 8.78 Å². The van der Waals surface area contributed by atoms with Crippen LogP contribution in [0.2, 0.25) is 0 Å². The van der Waals surface area contributed by atoms with Crippen molar-refractivity contribution in [1.29, 1.82) is 0 Å². The van der Waals surface area contributed by atoms with E-state index in [0.29, 0.717) is 17.9 Å². The Kier molecular flexibility index (Phi) is 4.48. The summed E-state index contributed by atoms with van der Waals surface area (Å²) in [7, 11) is 0. The third-order valence-electron chi connectivity index (χ3n) is 3.30. The Bertz CT molecular complexity index is 363. The van der Waals surface area contributed by atoms with E-state index in [0.717, 1.165) is 11.4 Å². The quantitative estimate of drug-likeness (QED) is 0.713. The number of hydrogen-bond donors (Lipinski definition) is 0. The average molecular weight is 291 g/mol. The Labute approximate surface area is 104 Å². The van der Waals surface area contributed by atoms with Crippen molar-refractivity contribution in [3.63, 3.8) is 0 Å². The summed E-state index contributed by atoms with van der Waals surface area (Å²) in [6.45, 7) is 6.27. The summed E-state index contributed by atoms with van der Waals surface area (Å²) in [6.07, 6.45) is 0.541. The molecule has 0 aromatic heterocycles. The lowest BCUT2D eigenvalue weighted by molar-refractivity contribution is 0.254. The summed E-state index contributed by atoms with van der Waals surface area (Å²) in [5, 5.41) is 0.771. The van der Waals surface area contributed by atoms with Crippen molar-refractivity contribution in [2.45, 2.75) is 27.2 Å². The lowest BCUT2D eigenvalue weighted by atomic mass is 9.76. The molecule has 0 bridgehead atoms. The van der Waals surface area contributed by atoms with Crippen LogP contribution in [-0.2, 0) is 6.42 Å². The van der Waals surface area contributed by atoms with Crippen molar-refractivity contribution in [1.82, 2.24) is 0 Å². The number of alkyl halides is 1. The van der Waals surface area contributed by atoms with E-state index in [-0.39, 0.29) is 17.0 Å². The van der Waals surface area contributed by atoms with E-state index >= 15 is 0 Å². The Hall–Kier alpha value is -0.440. The Morgan fingerprint density at radius 1 is 1.31 bits per heavy atom. The minimum atomic E-state index is -0.378. The fourth-order valence-electron chi connectivity index (χ4n) is 1.52. The number of hydrogen-bond acceptors (Lipinski definition) is 0. The zero-order valence-corrected chi connectivity index (χ0v) is 11.4. The summed E-state index contributed by atoms with van der Waals surface area (Å²) >= 11 is 3.46. The largest absolute Gasteiger partial charge is 0.207 e.